The lowest BCUT2D eigenvalue weighted by Gasteiger charge is -2.09. The van der Waals surface area contributed by atoms with Crippen molar-refractivity contribution in [1.29, 1.82) is 0 Å². The van der Waals surface area contributed by atoms with Crippen LogP contribution in [0.1, 0.15) is 29.5 Å². The molecule has 0 nitrogen and oxygen atoms in total. The number of rotatable bonds is 3. The predicted molar refractivity (Wildman–Crippen MR) is 58.9 cm³/mol. The molecule has 1 atom stereocenters. The Kier molecular flexibility index (Phi) is 3.48. The standard InChI is InChI=1S/C13H13F/c1-4-11-6-12(5-2)8-13(7-11)10(3)9-14/h1,5-8,10H,2,9H2,3H3. The maximum absolute atomic E-state index is 12.5. The molecule has 0 aliphatic rings. The number of alkyl halides is 1. The second-order valence-electron chi connectivity index (χ2n) is 3.29. The van der Waals surface area contributed by atoms with Gasteiger partial charge in [-0.1, -0.05) is 31.6 Å². The summed E-state index contributed by atoms with van der Waals surface area (Å²) in [6.45, 7) is 5.14. The van der Waals surface area contributed by atoms with Crippen molar-refractivity contribution in [1.82, 2.24) is 0 Å². The Morgan fingerprint density at radius 1 is 1.57 bits per heavy atom. The lowest BCUT2D eigenvalue weighted by molar-refractivity contribution is 0.447. The van der Waals surface area contributed by atoms with Crippen LogP contribution in [0.5, 0.6) is 0 Å². The van der Waals surface area contributed by atoms with Crippen LogP contribution in [0.3, 0.4) is 0 Å². The van der Waals surface area contributed by atoms with Gasteiger partial charge in [0.05, 0.1) is 6.67 Å². The maximum Gasteiger partial charge on any atom is 0.0960 e. The molecule has 0 bridgehead atoms. The van der Waals surface area contributed by atoms with Gasteiger partial charge < -0.3 is 0 Å². The first-order valence-corrected chi connectivity index (χ1v) is 4.51. The number of benzene rings is 1. The summed E-state index contributed by atoms with van der Waals surface area (Å²) in [4.78, 5) is 0. The van der Waals surface area contributed by atoms with Crippen LogP contribution in [0.2, 0.25) is 0 Å². The first kappa shape index (κ1) is 10.5. The Labute approximate surface area is 84.5 Å². The average molecular weight is 188 g/mol. The number of halogens is 1. The fourth-order valence-corrected chi connectivity index (χ4v) is 1.25. The monoisotopic (exact) mass is 188 g/mol. The van der Waals surface area contributed by atoms with E-state index >= 15 is 0 Å². The van der Waals surface area contributed by atoms with E-state index in [1.54, 1.807) is 6.08 Å². The van der Waals surface area contributed by atoms with E-state index in [4.69, 9.17) is 6.42 Å². The third kappa shape index (κ3) is 2.23. The summed E-state index contributed by atoms with van der Waals surface area (Å²) in [6.07, 6.45) is 7.02. The minimum atomic E-state index is -0.370. The molecular weight excluding hydrogens is 175 g/mol. The molecule has 1 heteroatoms. The summed E-state index contributed by atoms with van der Waals surface area (Å²) < 4.78 is 12.5. The Balaban J connectivity index is 3.18. The van der Waals surface area contributed by atoms with Crippen molar-refractivity contribution in [2.24, 2.45) is 0 Å². The first-order valence-electron chi connectivity index (χ1n) is 4.51. The SMILES string of the molecule is C#Cc1cc(C=C)cc(C(C)CF)c1. The molecule has 0 saturated carbocycles. The van der Waals surface area contributed by atoms with Crippen LogP contribution in [0.15, 0.2) is 24.8 Å². The summed E-state index contributed by atoms with van der Waals surface area (Å²) in [7, 11) is 0. The van der Waals surface area contributed by atoms with Crippen LogP contribution in [0, 0.1) is 12.3 Å². The van der Waals surface area contributed by atoms with Crippen LogP contribution in [0.25, 0.3) is 6.08 Å². The minimum Gasteiger partial charge on any atom is -0.250 e. The van der Waals surface area contributed by atoms with Gasteiger partial charge in [-0.25, -0.2) is 0 Å². The second kappa shape index (κ2) is 4.62. The Morgan fingerprint density at radius 3 is 2.79 bits per heavy atom. The zero-order valence-corrected chi connectivity index (χ0v) is 8.26. The van der Waals surface area contributed by atoms with Gasteiger partial charge in [0.2, 0.25) is 0 Å². The quantitative estimate of drug-likeness (QED) is 0.638. The molecule has 1 unspecified atom stereocenters. The third-order valence-electron chi connectivity index (χ3n) is 2.18. The van der Waals surface area contributed by atoms with Crippen molar-refractivity contribution >= 4 is 6.08 Å². The summed E-state index contributed by atoms with van der Waals surface area (Å²) in [6, 6.07) is 5.62. The average Bonchev–Trinajstić information content (AvgIpc) is 2.27. The Morgan fingerprint density at radius 2 is 2.29 bits per heavy atom. The lowest BCUT2D eigenvalue weighted by atomic mass is 9.97. The molecule has 0 aliphatic carbocycles. The molecule has 0 heterocycles. The molecule has 0 amide bonds. The fraction of sp³-hybridized carbons (Fsp3) is 0.231. The van der Waals surface area contributed by atoms with Crippen molar-refractivity contribution in [2.45, 2.75) is 12.8 Å². The molecular formula is C13H13F. The van der Waals surface area contributed by atoms with Gasteiger partial charge >= 0.3 is 0 Å². The van der Waals surface area contributed by atoms with Crippen LogP contribution in [-0.2, 0) is 0 Å². The van der Waals surface area contributed by atoms with E-state index in [1.807, 2.05) is 25.1 Å². The zero-order valence-electron chi connectivity index (χ0n) is 8.26. The summed E-state index contributed by atoms with van der Waals surface area (Å²) in [5, 5.41) is 0. The normalized spacial score (nSPS) is 11.8. The molecule has 1 aromatic rings. The summed E-state index contributed by atoms with van der Waals surface area (Å²) in [5.41, 5.74) is 2.64. The highest BCUT2D eigenvalue weighted by Gasteiger charge is 2.06. The Bertz CT molecular complexity index is 371. The highest BCUT2D eigenvalue weighted by molar-refractivity contribution is 5.53. The van der Waals surface area contributed by atoms with Crippen LogP contribution in [-0.4, -0.2) is 6.67 Å². The first-order chi connectivity index (χ1) is 6.71. The van der Waals surface area contributed by atoms with E-state index in [0.717, 1.165) is 16.7 Å². The van der Waals surface area contributed by atoms with Gasteiger partial charge in [0.1, 0.15) is 0 Å². The molecule has 1 rings (SSSR count). The van der Waals surface area contributed by atoms with Gasteiger partial charge in [-0.3, -0.25) is 4.39 Å². The van der Waals surface area contributed by atoms with E-state index in [9.17, 15) is 4.39 Å². The molecule has 0 fully saturated rings. The van der Waals surface area contributed by atoms with Gasteiger partial charge in [0.15, 0.2) is 0 Å². The largest absolute Gasteiger partial charge is 0.250 e. The molecule has 0 saturated heterocycles. The van der Waals surface area contributed by atoms with E-state index in [1.165, 1.54) is 0 Å². The Hall–Kier alpha value is -1.55. The fourth-order valence-electron chi connectivity index (χ4n) is 1.25. The molecule has 1 aromatic carbocycles. The molecule has 72 valence electrons. The van der Waals surface area contributed by atoms with Gasteiger partial charge in [-0.2, -0.15) is 0 Å². The van der Waals surface area contributed by atoms with Crippen LogP contribution in [0.4, 0.5) is 4.39 Å². The van der Waals surface area contributed by atoms with Gasteiger partial charge in [0, 0.05) is 11.5 Å². The van der Waals surface area contributed by atoms with Crippen molar-refractivity contribution < 1.29 is 4.39 Å². The smallest absolute Gasteiger partial charge is 0.0960 e. The number of terminal acetylenes is 1. The third-order valence-corrected chi connectivity index (χ3v) is 2.18. The molecule has 0 radical (unpaired) electrons. The van der Waals surface area contributed by atoms with E-state index in [2.05, 4.69) is 12.5 Å². The van der Waals surface area contributed by atoms with E-state index < -0.39 is 0 Å². The molecule has 0 spiro atoms. The van der Waals surface area contributed by atoms with Gasteiger partial charge in [-0.05, 0) is 23.3 Å². The molecule has 0 N–H and O–H groups in total. The molecule has 0 aromatic heterocycles. The zero-order chi connectivity index (χ0) is 10.6. The van der Waals surface area contributed by atoms with Crippen molar-refractivity contribution in [3.05, 3.63) is 41.5 Å². The van der Waals surface area contributed by atoms with Crippen molar-refractivity contribution in [3.63, 3.8) is 0 Å². The summed E-state index contributed by atoms with van der Waals surface area (Å²) in [5.74, 6) is 2.44. The highest BCUT2D eigenvalue weighted by Crippen LogP contribution is 2.19. The minimum absolute atomic E-state index is 0.109. The van der Waals surface area contributed by atoms with Gasteiger partial charge in [0.25, 0.3) is 0 Å². The van der Waals surface area contributed by atoms with Crippen LogP contribution < -0.4 is 0 Å². The van der Waals surface area contributed by atoms with E-state index in [0.29, 0.717) is 0 Å². The molecule has 14 heavy (non-hydrogen) atoms. The van der Waals surface area contributed by atoms with Crippen molar-refractivity contribution in [2.75, 3.05) is 6.67 Å². The predicted octanol–water partition coefficient (Wildman–Crippen LogP) is 3.38. The highest BCUT2D eigenvalue weighted by atomic mass is 19.1. The topological polar surface area (TPSA) is 0 Å². The molecule has 0 aliphatic heterocycles. The number of hydrogen-bond acceptors (Lipinski definition) is 0. The lowest BCUT2D eigenvalue weighted by Crippen LogP contribution is -1.96. The van der Waals surface area contributed by atoms with Crippen molar-refractivity contribution in [3.8, 4) is 12.3 Å². The maximum atomic E-state index is 12.5. The second-order valence-corrected chi connectivity index (χ2v) is 3.29. The summed E-state index contributed by atoms with van der Waals surface area (Å²) >= 11 is 0. The number of hydrogen-bond donors (Lipinski definition) is 0. The van der Waals surface area contributed by atoms with E-state index in [-0.39, 0.29) is 12.6 Å². The van der Waals surface area contributed by atoms with Crippen LogP contribution >= 0.6 is 0 Å². The van der Waals surface area contributed by atoms with Gasteiger partial charge in [-0.15, -0.1) is 6.42 Å².